The number of nitrogens with one attached hydrogen (secondary N) is 3. The predicted octanol–water partition coefficient (Wildman–Crippen LogP) is 1.90. The van der Waals surface area contributed by atoms with Crippen molar-refractivity contribution in [1.29, 1.82) is 0 Å². The summed E-state index contributed by atoms with van der Waals surface area (Å²) in [6.45, 7) is 1.50. The van der Waals surface area contributed by atoms with Crippen molar-refractivity contribution in [3.05, 3.63) is 77.7 Å². The smallest absolute Gasteiger partial charge is 0.330 e. The second-order valence-corrected chi connectivity index (χ2v) is 9.17. The first-order valence-electron chi connectivity index (χ1n) is 10.6. The van der Waals surface area contributed by atoms with Crippen molar-refractivity contribution in [2.45, 2.75) is 25.9 Å². The first kappa shape index (κ1) is 25.7. The number of carbonyl (C=O) groups is 2. The molecule has 0 unspecified atom stereocenters. The number of hydrogen-bond donors (Lipinski definition) is 3. The van der Waals surface area contributed by atoms with Crippen LogP contribution in [0.2, 0.25) is 0 Å². The highest BCUT2D eigenvalue weighted by Crippen LogP contribution is 2.19. The molecule has 3 amide bonds. The van der Waals surface area contributed by atoms with Crippen LogP contribution in [0.1, 0.15) is 17.0 Å². The van der Waals surface area contributed by atoms with Crippen LogP contribution in [0.25, 0.3) is 0 Å². The highest BCUT2D eigenvalue weighted by Gasteiger charge is 2.27. The van der Waals surface area contributed by atoms with Gasteiger partial charge in [-0.1, -0.05) is 35.5 Å². The maximum Gasteiger partial charge on any atom is 0.330 e. The van der Waals surface area contributed by atoms with Crippen molar-refractivity contribution in [2.75, 3.05) is 19.1 Å². The number of methoxy groups -OCH3 is 1. The van der Waals surface area contributed by atoms with Crippen LogP contribution >= 0.6 is 0 Å². The average molecular weight is 502 g/mol. The number of anilines is 1. The normalized spacial score (nSPS) is 12.0. The molecule has 0 saturated carbocycles. The van der Waals surface area contributed by atoms with E-state index in [0.717, 1.165) is 5.56 Å². The number of ether oxygens (including phenoxy) is 1. The number of carbonyl (C=O) groups excluding carboxylic acids is 2. The molecule has 0 bridgehead atoms. The second kappa shape index (κ2) is 11.5. The van der Waals surface area contributed by atoms with Crippen LogP contribution in [0.4, 0.5) is 10.5 Å². The maximum atomic E-state index is 13.3. The molecule has 11 nitrogen and oxygen atoms in total. The Morgan fingerprint density at radius 1 is 1.11 bits per heavy atom. The third kappa shape index (κ3) is 7.55. The summed E-state index contributed by atoms with van der Waals surface area (Å²) in [6, 6.07) is 15.4. The number of amides is 3. The van der Waals surface area contributed by atoms with Crippen molar-refractivity contribution in [1.82, 2.24) is 19.9 Å². The number of hydrogen-bond acceptors (Lipinski definition) is 7. The van der Waals surface area contributed by atoms with Gasteiger partial charge in [-0.25, -0.2) is 9.52 Å². The lowest BCUT2D eigenvalue weighted by Crippen LogP contribution is -2.54. The van der Waals surface area contributed by atoms with Crippen LogP contribution in [0.15, 0.2) is 65.2 Å². The molecule has 0 spiro atoms. The standard InChI is InChI=1S/C23H27N5O6S/c1-16-13-18(26-34-16)15-24-35(31,32)27-23(30)25-21(14-17-7-5-4-6-8-17)22(29)28(2)19-9-11-20(33-3)12-10-19/h4-13,21,24H,14-15H2,1-3H3,(H2,25,27,30)/t21-/m0/s1. The predicted molar refractivity (Wildman–Crippen MR) is 129 cm³/mol. The molecular weight excluding hydrogens is 474 g/mol. The van der Waals surface area contributed by atoms with E-state index >= 15 is 0 Å². The summed E-state index contributed by atoms with van der Waals surface area (Å²) in [5.74, 6) is 0.720. The molecule has 2 aromatic carbocycles. The molecule has 3 rings (SSSR count). The van der Waals surface area contributed by atoms with Crippen molar-refractivity contribution < 1.29 is 27.3 Å². The monoisotopic (exact) mass is 501 g/mol. The second-order valence-electron chi connectivity index (χ2n) is 7.67. The Balaban J connectivity index is 1.70. The summed E-state index contributed by atoms with van der Waals surface area (Å²) in [6.07, 6.45) is 0.152. The van der Waals surface area contributed by atoms with E-state index in [-0.39, 0.29) is 13.0 Å². The molecule has 1 heterocycles. The van der Waals surface area contributed by atoms with Gasteiger partial charge in [-0.2, -0.15) is 13.1 Å². The molecule has 0 fully saturated rings. The van der Waals surface area contributed by atoms with Gasteiger partial charge in [-0.05, 0) is 36.8 Å². The maximum absolute atomic E-state index is 13.3. The Kier molecular flexibility index (Phi) is 8.44. The fourth-order valence-corrected chi connectivity index (χ4v) is 3.95. The number of aromatic nitrogens is 1. The number of rotatable bonds is 10. The summed E-state index contributed by atoms with van der Waals surface area (Å²) >= 11 is 0. The van der Waals surface area contributed by atoms with E-state index in [0.29, 0.717) is 22.9 Å². The third-order valence-electron chi connectivity index (χ3n) is 5.02. The molecular formula is C23H27N5O6S. The molecule has 0 aliphatic rings. The minimum Gasteiger partial charge on any atom is -0.497 e. The topological polar surface area (TPSA) is 143 Å². The molecule has 0 radical (unpaired) electrons. The van der Waals surface area contributed by atoms with Crippen LogP contribution in [-0.2, 0) is 28.0 Å². The van der Waals surface area contributed by atoms with Gasteiger partial charge < -0.3 is 19.5 Å². The highest BCUT2D eigenvalue weighted by molar-refractivity contribution is 7.88. The Hall–Kier alpha value is -3.90. The summed E-state index contributed by atoms with van der Waals surface area (Å²) in [5, 5.41) is 6.16. The summed E-state index contributed by atoms with van der Waals surface area (Å²) in [5.41, 5.74) is 1.72. The van der Waals surface area contributed by atoms with Crippen LogP contribution in [-0.4, -0.2) is 45.7 Å². The first-order chi connectivity index (χ1) is 16.7. The van der Waals surface area contributed by atoms with E-state index in [1.165, 1.54) is 12.0 Å². The van der Waals surface area contributed by atoms with Gasteiger partial charge in [0.2, 0.25) is 5.91 Å². The minimum atomic E-state index is -4.23. The highest BCUT2D eigenvalue weighted by atomic mass is 32.2. The van der Waals surface area contributed by atoms with Gasteiger partial charge in [0.15, 0.2) is 0 Å². The van der Waals surface area contributed by atoms with Crippen molar-refractivity contribution in [3.8, 4) is 5.75 Å². The summed E-state index contributed by atoms with van der Waals surface area (Å²) in [4.78, 5) is 27.2. The van der Waals surface area contributed by atoms with Crippen LogP contribution in [0.3, 0.4) is 0 Å². The Morgan fingerprint density at radius 3 is 2.40 bits per heavy atom. The summed E-state index contributed by atoms with van der Waals surface area (Å²) in [7, 11) is -1.12. The van der Waals surface area contributed by atoms with Crippen molar-refractivity contribution in [3.63, 3.8) is 0 Å². The molecule has 35 heavy (non-hydrogen) atoms. The molecule has 1 atom stereocenters. The third-order valence-corrected chi connectivity index (χ3v) is 6.00. The number of nitrogens with zero attached hydrogens (tertiary/aromatic N) is 2. The Labute approximate surface area is 203 Å². The van der Waals surface area contributed by atoms with Gasteiger partial charge in [0.25, 0.3) is 0 Å². The lowest BCUT2D eigenvalue weighted by molar-refractivity contribution is -0.120. The van der Waals surface area contributed by atoms with Gasteiger partial charge in [0, 0.05) is 25.2 Å². The molecule has 3 aromatic rings. The van der Waals surface area contributed by atoms with Gasteiger partial charge in [-0.3, -0.25) is 4.79 Å². The Morgan fingerprint density at radius 2 is 1.80 bits per heavy atom. The van der Waals surface area contributed by atoms with E-state index in [4.69, 9.17) is 9.26 Å². The van der Waals surface area contributed by atoms with Crippen LogP contribution in [0.5, 0.6) is 5.75 Å². The largest absolute Gasteiger partial charge is 0.497 e. The first-order valence-corrected chi connectivity index (χ1v) is 12.1. The van der Waals surface area contributed by atoms with Gasteiger partial charge in [0.1, 0.15) is 17.6 Å². The van der Waals surface area contributed by atoms with E-state index in [2.05, 4.69) is 15.2 Å². The van der Waals surface area contributed by atoms with Crippen molar-refractivity contribution >= 4 is 27.8 Å². The van der Waals surface area contributed by atoms with E-state index in [1.807, 2.05) is 35.1 Å². The van der Waals surface area contributed by atoms with Crippen LogP contribution in [0, 0.1) is 6.92 Å². The van der Waals surface area contributed by atoms with Crippen molar-refractivity contribution in [2.24, 2.45) is 0 Å². The molecule has 186 valence electrons. The zero-order valence-corrected chi connectivity index (χ0v) is 20.3. The van der Waals surface area contributed by atoms with Gasteiger partial charge >= 0.3 is 16.2 Å². The zero-order chi connectivity index (χ0) is 25.4. The van der Waals surface area contributed by atoms with Gasteiger partial charge in [0.05, 0.1) is 19.3 Å². The van der Waals surface area contributed by atoms with E-state index in [9.17, 15) is 18.0 Å². The molecule has 0 aliphatic heterocycles. The Bertz CT molecular complexity index is 1240. The fraction of sp³-hybridized carbons (Fsp3) is 0.261. The number of urea groups is 1. The molecule has 1 aromatic heterocycles. The summed E-state index contributed by atoms with van der Waals surface area (Å²) < 4.78 is 38.7. The average Bonchev–Trinajstić information content (AvgIpc) is 3.27. The lowest BCUT2D eigenvalue weighted by Gasteiger charge is -2.25. The molecule has 12 heteroatoms. The SMILES string of the molecule is COc1ccc(N(C)C(=O)[C@H](Cc2ccccc2)NC(=O)NS(=O)(=O)NCc2cc(C)on2)cc1. The quantitative estimate of drug-likeness (QED) is 0.385. The molecule has 0 aliphatic carbocycles. The molecule has 0 saturated heterocycles. The number of benzene rings is 2. The minimum absolute atomic E-state index is 0.152. The number of aryl methyl sites for hydroxylation is 1. The number of likely N-dealkylation sites (N-methyl/N-ethyl adjacent to an activating group) is 1. The van der Waals surface area contributed by atoms with E-state index in [1.54, 1.807) is 44.3 Å². The molecule has 3 N–H and O–H groups in total. The van der Waals surface area contributed by atoms with E-state index < -0.39 is 28.2 Å². The lowest BCUT2D eigenvalue weighted by atomic mass is 10.0. The fourth-order valence-electron chi connectivity index (χ4n) is 3.23. The van der Waals surface area contributed by atoms with Gasteiger partial charge in [-0.15, -0.1) is 0 Å². The van der Waals surface area contributed by atoms with Crippen LogP contribution < -0.4 is 24.4 Å². The zero-order valence-electron chi connectivity index (χ0n) is 19.5.